The summed E-state index contributed by atoms with van der Waals surface area (Å²) in [6.07, 6.45) is -3.56. The molecule has 31 heavy (non-hydrogen) atoms. The Bertz CT molecular complexity index is 947. The molecule has 0 bridgehead atoms. The summed E-state index contributed by atoms with van der Waals surface area (Å²) in [7, 11) is 0. The molecule has 0 radical (unpaired) electrons. The van der Waals surface area contributed by atoms with E-state index in [1.165, 1.54) is 12.1 Å². The molecule has 2 aromatic rings. The van der Waals surface area contributed by atoms with Crippen LogP contribution in [0.2, 0.25) is 0 Å². The molecule has 2 aliphatic rings. The van der Waals surface area contributed by atoms with Gasteiger partial charge in [-0.25, -0.2) is 0 Å². The fourth-order valence-corrected chi connectivity index (χ4v) is 4.51. The number of piperidine rings is 1. The zero-order valence-electron chi connectivity index (χ0n) is 16.8. The number of benzene rings is 2. The summed E-state index contributed by atoms with van der Waals surface area (Å²) in [6.45, 7) is -0.0104. The van der Waals surface area contributed by atoms with Gasteiger partial charge in [-0.05, 0) is 48.7 Å². The van der Waals surface area contributed by atoms with Gasteiger partial charge in [0.2, 0.25) is 5.91 Å². The van der Waals surface area contributed by atoms with Gasteiger partial charge in [0.15, 0.2) is 12.4 Å². The molecule has 0 aliphatic carbocycles. The molecule has 0 aromatic heterocycles. The summed E-state index contributed by atoms with van der Waals surface area (Å²) in [5.74, 6) is -0.352. The maximum Gasteiger partial charge on any atom is 0.422 e. The summed E-state index contributed by atoms with van der Waals surface area (Å²) < 4.78 is 41.8. The van der Waals surface area contributed by atoms with Gasteiger partial charge in [0.1, 0.15) is 11.2 Å². The lowest BCUT2D eigenvalue weighted by atomic mass is 9.68. The van der Waals surface area contributed by atoms with Gasteiger partial charge in [0, 0.05) is 25.2 Å². The Balaban J connectivity index is 1.54. The molecule has 2 aliphatic heterocycles. The number of alkyl halides is 3. The first-order chi connectivity index (χ1) is 14.8. The van der Waals surface area contributed by atoms with Crippen molar-refractivity contribution in [3.63, 3.8) is 0 Å². The van der Waals surface area contributed by atoms with Crippen molar-refractivity contribution >= 4 is 17.4 Å². The van der Waals surface area contributed by atoms with Crippen LogP contribution in [-0.4, -0.2) is 44.1 Å². The van der Waals surface area contributed by atoms with Gasteiger partial charge in [-0.3, -0.25) is 9.59 Å². The number of ether oxygens (including phenoxy) is 1. The highest BCUT2D eigenvalue weighted by Gasteiger charge is 2.58. The molecule has 2 fully saturated rings. The average molecular weight is 432 g/mol. The first-order valence-corrected chi connectivity index (χ1v) is 10.2. The zero-order valence-corrected chi connectivity index (χ0v) is 16.8. The van der Waals surface area contributed by atoms with Crippen LogP contribution >= 0.6 is 0 Å². The second kappa shape index (κ2) is 8.34. The summed E-state index contributed by atoms with van der Waals surface area (Å²) >= 11 is 0. The lowest BCUT2D eigenvalue weighted by Crippen LogP contribution is -2.58. The highest BCUT2D eigenvalue weighted by Crippen LogP contribution is 2.43. The Hall–Kier alpha value is -2.87. The largest absolute Gasteiger partial charge is 0.484 e. The molecule has 2 atom stereocenters. The molecule has 2 heterocycles. The highest BCUT2D eigenvalue weighted by molar-refractivity contribution is 6.14. The van der Waals surface area contributed by atoms with Gasteiger partial charge >= 0.3 is 6.18 Å². The summed E-state index contributed by atoms with van der Waals surface area (Å²) in [5.41, 5.74) is 0.282. The maximum absolute atomic E-state index is 13.6. The number of halogens is 3. The minimum absolute atomic E-state index is 0.0677. The van der Waals surface area contributed by atoms with Gasteiger partial charge in [-0.15, -0.1) is 0 Å². The van der Waals surface area contributed by atoms with E-state index >= 15 is 0 Å². The van der Waals surface area contributed by atoms with Crippen LogP contribution in [0.1, 0.15) is 12.0 Å². The third kappa shape index (κ3) is 4.30. The summed E-state index contributed by atoms with van der Waals surface area (Å²) in [5, 5.41) is 3.22. The number of amides is 1. The average Bonchev–Trinajstić information content (AvgIpc) is 3.19. The number of rotatable bonds is 6. The number of ketones is 1. The van der Waals surface area contributed by atoms with Crippen molar-refractivity contribution in [1.82, 2.24) is 5.32 Å². The minimum atomic E-state index is -4.42. The molecule has 5 nitrogen and oxygen atoms in total. The van der Waals surface area contributed by atoms with Crippen LogP contribution in [0.4, 0.5) is 18.9 Å². The lowest BCUT2D eigenvalue weighted by Gasteiger charge is -2.42. The van der Waals surface area contributed by atoms with Crippen LogP contribution in [0, 0.1) is 11.3 Å². The molecule has 0 unspecified atom stereocenters. The predicted molar refractivity (Wildman–Crippen MR) is 109 cm³/mol. The van der Waals surface area contributed by atoms with Crippen molar-refractivity contribution in [3.05, 3.63) is 60.2 Å². The number of carbonyl (C=O) groups excluding carboxylic acids is 2. The van der Waals surface area contributed by atoms with Crippen molar-refractivity contribution in [2.24, 2.45) is 11.3 Å². The van der Waals surface area contributed by atoms with Gasteiger partial charge < -0.3 is 15.0 Å². The maximum atomic E-state index is 13.6. The number of anilines is 1. The van der Waals surface area contributed by atoms with Crippen molar-refractivity contribution in [2.75, 3.05) is 31.1 Å². The molecule has 2 aromatic carbocycles. The number of carbonyl (C=O) groups is 2. The Labute approximate surface area is 178 Å². The molecular weight excluding hydrogens is 409 g/mol. The van der Waals surface area contributed by atoms with E-state index in [9.17, 15) is 22.8 Å². The minimum Gasteiger partial charge on any atom is -0.484 e. The monoisotopic (exact) mass is 432 g/mol. The third-order valence-electron chi connectivity index (χ3n) is 6.08. The van der Waals surface area contributed by atoms with E-state index in [1.54, 1.807) is 17.0 Å². The number of Topliss-reactive ketones (excluding diaryl/α,β-unsaturated/α-hetero) is 1. The number of hydrogen-bond acceptors (Lipinski definition) is 4. The number of nitrogens with one attached hydrogen (secondary N) is 1. The van der Waals surface area contributed by atoms with Crippen LogP contribution in [0.5, 0.6) is 5.75 Å². The topological polar surface area (TPSA) is 58.6 Å². The SMILES string of the molecule is O=C(Cc1ccccc1)[C@]12CNC[C@H]1CCN(c1ccc(OCC(F)(F)F)cc1)C2=O. The second-order valence-electron chi connectivity index (χ2n) is 8.03. The molecular formula is C23H23F3N2O3. The van der Waals surface area contributed by atoms with E-state index in [4.69, 9.17) is 4.74 Å². The normalized spacial score (nSPS) is 23.5. The molecule has 164 valence electrons. The van der Waals surface area contributed by atoms with Crippen LogP contribution in [0.25, 0.3) is 0 Å². The van der Waals surface area contributed by atoms with Gasteiger partial charge in [-0.1, -0.05) is 30.3 Å². The Morgan fingerprint density at radius 2 is 1.84 bits per heavy atom. The Morgan fingerprint density at radius 1 is 1.13 bits per heavy atom. The molecule has 4 rings (SSSR count). The molecule has 1 N–H and O–H groups in total. The van der Waals surface area contributed by atoms with E-state index in [0.717, 1.165) is 5.56 Å². The lowest BCUT2D eigenvalue weighted by molar-refractivity contribution is -0.153. The Kier molecular flexibility index (Phi) is 5.75. The summed E-state index contributed by atoms with van der Waals surface area (Å²) in [4.78, 5) is 28.5. The molecule has 1 amide bonds. The third-order valence-corrected chi connectivity index (χ3v) is 6.08. The van der Waals surface area contributed by atoms with Crippen LogP contribution in [0.3, 0.4) is 0 Å². The smallest absolute Gasteiger partial charge is 0.422 e. The quantitative estimate of drug-likeness (QED) is 0.711. The molecule has 0 saturated carbocycles. The predicted octanol–water partition coefficient (Wildman–Crippen LogP) is 3.38. The fraction of sp³-hybridized carbons (Fsp3) is 0.391. The summed E-state index contributed by atoms with van der Waals surface area (Å²) in [6, 6.07) is 15.3. The van der Waals surface area contributed by atoms with Crippen molar-refractivity contribution in [2.45, 2.75) is 19.0 Å². The fourth-order valence-electron chi connectivity index (χ4n) is 4.51. The standard InChI is InChI=1S/C23H23F3N2O3/c24-23(25,26)15-31-19-8-6-18(7-9-19)28-11-10-17-13-27-14-22(17,21(28)30)20(29)12-16-4-2-1-3-5-16/h1-9,17,27H,10-15H2/t17-,22+/m1/s1. The van der Waals surface area contributed by atoms with Crippen LogP contribution in [-0.2, 0) is 16.0 Å². The number of hydrogen-bond donors (Lipinski definition) is 1. The van der Waals surface area contributed by atoms with Crippen molar-refractivity contribution in [1.29, 1.82) is 0 Å². The van der Waals surface area contributed by atoms with Crippen LogP contribution in [0.15, 0.2) is 54.6 Å². The van der Waals surface area contributed by atoms with E-state index in [-0.39, 0.29) is 29.8 Å². The van der Waals surface area contributed by atoms with Crippen molar-refractivity contribution < 1.29 is 27.5 Å². The van der Waals surface area contributed by atoms with Gasteiger partial charge in [0.05, 0.1) is 0 Å². The number of nitrogens with zero attached hydrogens (tertiary/aromatic N) is 1. The van der Waals surface area contributed by atoms with E-state index < -0.39 is 18.2 Å². The van der Waals surface area contributed by atoms with Crippen LogP contribution < -0.4 is 15.0 Å². The van der Waals surface area contributed by atoms with E-state index in [2.05, 4.69) is 5.32 Å². The first kappa shape index (κ1) is 21.4. The van der Waals surface area contributed by atoms with Gasteiger partial charge in [-0.2, -0.15) is 13.2 Å². The number of fused-ring (bicyclic) bond motifs is 1. The zero-order chi connectivity index (χ0) is 22.1. The highest BCUT2D eigenvalue weighted by atomic mass is 19.4. The van der Waals surface area contributed by atoms with Crippen molar-refractivity contribution in [3.8, 4) is 5.75 Å². The molecule has 0 spiro atoms. The second-order valence-corrected chi connectivity index (χ2v) is 8.03. The first-order valence-electron chi connectivity index (χ1n) is 10.2. The van der Waals surface area contributed by atoms with E-state index in [0.29, 0.717) is 31.7 Å². The molecule has 2 saturated heterocycles. The Morgan fingerprint density at radius 3 is 2.52 bits per heavy atom. The molecule has 8 heteroatoms. The van der Waals surface area contributed by atoms with Gasteiger partial charge in [0.25, 0.3) is 0 Å². The van der Waals surface area contributed by atoms with E-state index in [1.807, 2.05) is 30.3 Å².